The summed E-state index contributed by atoms with van der Waals surface area (Å²) in [6.45, 7) is 8.79. The second kappa shape index (κ2) is 17.5. The average molecular weight is 837 g/mol. The van der Waals surface area contributed by atoms with Crippen LogP contribution in [0.5, 0.6) is 11.5 Å². The number of rotatable bonds is 10. The Morgan fingerprint density at radius 3 is 2.08 bits per heavy atom. The highest BCUT2D eigenvalue weighted by molar-refractivity contribution is 7.84. The number of anilines is 1. The zero-order valence-corrected chi connectivity index (χ0v) is 35.9. The van der Waals surface area contributed by atoms with Gasteiger partial charge >= 0.3 is 0 Å². The van der Waals surface area contributed by atoms with Crippen LogP contribution >= 0.6 is 11.6 Å². The van der Waals surface area contributed by atoms with Crippen LogP contribution in [0.4, 0.5) is 5.69 Å². The summed E-state index contributed by atoms with van der Waals surface area (Å²) in [5.41, 5.74) is 5.45. The minimum atomic E-state index is -3.92. The average Bonchev–Trinajstić information content (AvgIpc) is 3.53. The smallest absolute Gasteiger partial charge is 0.177 e. The SMILES string of the molecule is COc1ccc2nc3cc(Cl)ccc3c(NCCN3CCC(C4CCN(CC[n+]5ccc6ccc7c(c6c5)c5cc(OC)ccc5n7C)CC4)CC3)c2c1.CS(=O)(=O)[O-]. The fourth-order valence-electron chi connectivity index (χ4n) is 9.37. The number of fused-ring (bicyclic) bond motifs is 7. The van der Waals surface area contributed by atoms with Crippen LogP contribution in [0.1, 0.15) is 25.7 Å². The van der Waals surface area contributed by atoms with Gasteiger partial charge in [-0.15, -0.1) is 0 Å². The highest BCUT2D eigenvalue weighted by Gasteiger charge is 2.30. The van der Waals surface area contributed by atoms with Crippen LogP contribution in [0.25, 0.3) is 54.4 Å². The second-order valence-corrected chi connectivity index (χ2v) is 18.0. The first-order valence-corrected chi connectivity index (χ1v) is 22.7. The lowest BCUT2D eigenvalue weighted by Crippen LogP contribution is -2.45. The van der Waals surface area contributed by atoms with Gasteiger partial charge in [-0.05, 0) is 130 Å². The molecule has 0 unspecified atom stereocenters. The second-order valence-electron chi connectivity index (χ2n) is 16.1. The summed E-state index contributed by atoms with van der Waals surface area (Å²) < 4.78 is 43.1. The van der Waals surface area contributed by atoms with Gasteiger partial charge in [-0.3, -0.25) is 4.90 Å². The number of halogens is 1. The maximum Gasteiger partial charge on any atom is 0.177 e. The number of hydrogen-bond donors (Lipinski definition) is 1. The zero-order chi connectivity index (χ0) is 41.3. The van der Waals surface area contributed by atoms with E-state index in [0.29, 0.717) is 11.3 Å². The summed E-state index contributed by atoms with van der Waals surface area (Å²) in [5, 5.41) is 11.8. The first kappa shape index (κ1) is 41.0. The van der Waals surface area contributed by atoms with Gasteiger partial charge in [-0.1, -0.05) is 17.7 Å². The number of hydrogen-bond acceptors (Lipinski definition) is 9. The third-order valence-electron chi connectivity index (χ3n) is 12.5. The minimum Gasteiger partial charge on any atom is -0.748 e. The van der Waals surface area contributed by atoms with Crippen molar-refractivity contribution < 1.29 is 27.0 Å². The Morgan fingerprint density at radius 1 is 0.780 bits per heavy atom. The number of nitrogens with one attached hydrogen (secondary N) is 1. The van der Waals surface area contributed by atoms with Gasteiger partial charge in [-0.2, -0.15) is 0 Å². The molecule has 7 aromatic rings. The summed E-state index contributed by atoms with van der Waals surface area (Å²) in [5.74, 6) is 3.43. The van der Waals surface area contributed by atoms with E-state index in [-0.39, 0.29) is 0 Å². The molecule has 2 aliphatic rings. The van der Waals surface area contributed by atoms with E-state index in [2.05, 4.69) is 92.2 Å². The quantitative estimate of drug-likeness (QED) is 0.0836. The summed E-state index contributed by atoms with van der Waals surface area (Å²) in [6.07, 6.45) is 10.5. The number of nitrogens with zero attached hydrogens (tertiary/aromatic N) is 5. The number of methoxy groups -OCH3 is 2. The Hall–Kier alpha value is -4.72. The van der Waals surface area contributed by atoms with Crippen LogP contribution in [-0.4, -0.2) is 98.6 Å². The van der Waals surface area contributed by atoms with Crippen molar-refractivity contribution in [3.8, 4) is 11.5 Å². The minimum absolute atomic E-state index is 0.604. The predicted molar refractivity (Wildman–Crippen MR) is 238 cm³/mol. The summed E-state index contributed by atoms with van der Waals surface area (Å²) >= 11 is 6.35. The number of piperidine rings is 2. The number of aromatic nitrogens is 3. The largest absolute Gasteiger partial charge is 0.748 e. The highest BCUT2D eigenvalue weighted by atomic mass is 35.5. The zero-order valence-electron chi connectivity index (χ0n) is 34.3. The molecule has 59 heavy (non-hydrogen) atoms. The lowest BCUT2D eigenvalue weighted by atomic mass is 9.79. The summed E-state index contributed by atoms with van der Waals surface area (Å²) in [7, 11) is 1.70. The van der Waals surface area contributed by atoms with Crippen LogP contribution in [0, 0.1) is 11.8 Å². The monoisotopic (exact) mass is 836 g/mol. The van der Waals surface area contributed by atoms with Crippen molar-refractivity contribution in [2.24, 2.45) is 18.9 Å². The van der Waals surface area contributed by atoms with Gasteiger partial charge in [0.2, 0.25) is 0 Å². The molecule has 310 valence electrons. The molecule has 5 heterocycles. The number of pyridine rings is 2. The molecule has 11 nitrogen and oxygen atoms in total. The van der Waals surface area contributed by atoms with Crippen LogP contribution in [0.15, 0.2) is 85.2 Å². The van der Waals surface area contributed by atoms with Crippen LogP contribution in [-0.2, 0) is 23.7 Å². The molecule has 0 radical (unpaired) electrons. The highest BCUT2D eigenvalue weighted by Crippen LogP contribution is 2.37. The first-order valence-electron chi connectivity index (χ1n) is 20.5. The lowest BCUT2D eigenvalue weighted by molar-refractivity contribution is -0.695. The topological polar surface area (TPSA) is 116 Å². The van der Waals surface area contributed by atoms with Gasteiger partial charge in [-0.25, -0.2) is 18.0 Å². The van der Waals surface area contributed by atoms with Crippen molar-refractivity contribution in [2.45, 2.75) is 32.2 Å². The molecule has 0 aliphatic carbocycles. The Labute approximate surface area is 351 Å². The molecule has 2 saturated heterocycles. The third kappa shape index (κ3) is 9.22. The molecule has 3 aromatic heterocycles. The molecule has 0 bridgehead atoms. The van der Waals surface area contributed by atoms with Gasteiger partial charge in [0, 0.05) is 70.1 Å². The number of aryl methyl sites for hydroxylation is 1. The van der Waals surface area contributed by atoms with Crippen LogP contribution in [0.2, 0.25) is 5.02 Å². The fourth-order valence-corrected chi connectivity index (χ4v) is 9.53. The Morgan fingerprint density at radius 2 is 1.41 bits per heavy atom. The first-order chi connectivity index (χ1) is 28.4. The van der Waals surface area contributed by atoms with E-state index < -0.39 is 10.1 Å². The maximum absolute atomic E-state index is 9.08. The van der Waals surface area contributed by atoms with E-state index in [4.69, 9.17) is 39.0 Å². The van der Waals surface area contributed by atoms with E-state index in [1.165, 1.54) is 84.4 Å². The van der Waals surface area contributed by atoms with Crippen molar-refractivity contribution in [3.63, 3.8) is 0 Å². The van der Waals surface area contributed by atoms with Crippen LogP contribution < -0.4 is 19.4 Å². The molecule has 2 aliphatic heterocycles. The molecular weight excluding hydrogens is 784 g/mol. The van der Waals surface area contributed by atoms with Crippen molar-refractivity contribution in [1.29, 1.82) is 0 Å². The predicted octanol–water partition coefficient (Wildman–Crippen LogP) is 7.84. The molecule has 13 heteroatoms. The van der Waals surface area contributed by atoms with E-state index in [9.17, 15) is 0 Å². The molecule has 0 atom stereocenters. The number of benzene rings is 4. The molecule has 0 amide bonds. The normalized spacial score (nSPS) is 16.2. The van der Waals surface area contributed by atoms with Crippen molar-refractivity contribution in [3.05, 3.63) is 90.2 Å². The summed E-state index contributed by atoms with van der Waals surface area (Å²) in [4.78, 5) is 10.2. The van der Waals surface area contributed by atoms with Gasteiger partial charge in [0.15, 0.2) is 18.9 Å². The molecule has 0 saturated carbocycles. The van der Waals surface area contributed by atoms with Crippen molar-refractivity contribution in [1.82, 2.24) is 19.4 Å². The van der Waals surface area contributed by atoms with Gasteiger partial charge in [0.25, 0.3) is 0 Å². The van der Waals surface area contributed by atoms with E-state index in [1.54, 1.807) is 14.2 Å². The molecule has 0 spiro atoms. The lowest BCUT2D eigenvalue weighted by Gasteiger charge is -2.40. The fraction of sp³-hybridized carbons (Fsp3) is 0.391. The standard InChI is InChI=1S/C45H50ClN6O2.CH4O3S/c1-49-42-11-7-35(54-3)28-38(42)44-39-29-52(22-16-32(39)4-10-43(44)49)25-24-51-20-14-31(15-21-51)30-12-18-50(19-13-30)23-17-47-45-36-8-5-33(46)26-41(36)48-40-9-6-34(53-2)27-37(40)45;1-5(2,3)4/h4-11,16,22,26-31H,12-15,17-21,23-25H2,1-3H3,(H,47,48);1H3,(H,2,3,4)/q+1;/p-1. The number of likely N-dealkylation sites (tertiary alicyclic amines) is 2. The summed E-state index contributed by atoms with van der Waals surface area (Å²) in [6, 6.07) is 25.2. The van der Waals surface area contributed by atoms with Gasteiger partial charge in [0.05, 0.1) is 53.0 Å². The Kier molecular flexibility index (Phi) is 12.2. The molecule has 4 aromatic carbocycles. The Bertz CT molecular complexity index is 2740. The van der Waals surface area contributed by atoms with Crippen LogP contribution in [0.3, 0.4) is 0 Å². The molecule has 9 rings (SSSR count). The van der Waals surface area contributed by atoms with E-state index in [0.717, 1.165) is 77.0 Å². The molecule has 2 fully saturated rings. The van der Waals surface area contributed by atoms with E-state index in [1.807, 2.05) is 24.3 Å². The van der Waals surface area contributed by atoms with Crippen molar-refractivity contribution >= 4 is 81.8 Å². The van der Waals surface area contributed by atoms with Gasteiger partial charge < -0.3 is 28.8 Å². The van der Waals surface area contributed by atoms with Crippen molar-refractivity contribution in [2.75, 3.05) is 71.6 Å². The van der Waals surface area contributed by atoms with Gasteiger partial charge in [0.1, 0.15) is 11.5 Å². The molecular formula is C46H53ClN6O5S. The number of ether oxygens (including phenoxy) is 2. The van der Waals surface area contributed by atoms with E-state index >= 15 is 0 Å². The molecule has 1 N–H and O–H groups in total. The maximum atomic E-state index is 9.08. The third-order valence-corrected chi connectivity index (χ3v) is 12.7. The Balaban J connectivity index is 0.000000915.